The molecule has 1 aliphatic heterocycles. The van der Waals surface area contributed by atoms with Crippen molar-refractivity contribution in [1.29, 1.82) is 0 Å². The second kappa shape index (κ2) is 9.52. The standard InChI is InChI=1S/C18H27N3O6/c1-4-27-16-9-13(14(21(23)24)10-15(16)26-3)17(22)20-11-18(12-25-2)5-7-19-8-6-18/h9-10,19H,4-8,11-12H2,1-3H3,(H,20,22). The van der Waals surface area contributed by atoms with Crippen molar-refractivity contribution in [1.82, 2.24) is 10.6 Å². The van der Waals surface area contributed by atoms with Gasteiger partial charge in [0.2, 0.25) is 0 Å². The third-order valence-corrected chi connectivity index (χ3v) is 4.76. The van der Waals surface area contributed by atoms with Crippen LogP contribution in [0.15, 0.2) is 12.1 Å². The van der Waals surface area contributed by atoms with Gasteiger partial charge >= 0.3 is 0 Å². The van der Waals surface area contributed by atoms with Crippen molar-refractivity contribution in [2.75, 3.05) is 47.1 Å². The number of benzene rings is 1. The summed E-state index contributed by atoms with van der Waals surface area (Å²) in [6.45, 7) is 4.72. The lowest BCUT2D eigenvalue weighted by molar-refractivity contribution is -0.385. The van der Waals surface area contributed by atoms with Gasteiger partial charge in [0.05, 0.1) is 31.3 Å². The van der Waals surface area contributed by atoms with Gasteiger partial charge in [0.25, 0.3) is 11.6 Å². The summed E-state index contributed by atoms with van der Waals surface area (Å²) in [6.07, 6.45) is 1.71. The lowest BCUT2D eigenvalue weighted by Crippen LogP contribution is -2.47. The van der Waals surface area contributed by atoms with Crippen LogP contribution in [-0.4, -0.2) is 57.9 Å². The van der Waals surface area contributed by atoms with Crippen LogP contribution in [0.2, 0.25) is 0 Å². The van der Waals surface area contributed by atoms with Crippen LogP contribution in [0.1, 0.15) is 30.1 Å². The largest absolute Gasteiger partial charge is 0.493 e. The van der Waals surface area contributed by atoms with E-state index in [9.17, 15) is 14.9 Å². The Morgan fingerprint density at radius 1 is 1.30 bits per heavy atom. The average Bonchev–Trinajstić information content (AvgIpc) is 2.67. The first kappa shape index (κ1) is 20.9. The van der Waals surface area contributed by atoms with E-state index in [4.69, 9.17) is 14.2 Å². The van der Waals surface area contributed by atoms with Crippen molar-refractivity contribution in [3.8, 4) is 11.5 Å². The summed E-state index contributed by atoms with van der Waals surface area (Å²) in [6, 6.07) is 2.58. The molecule has 1 aromatic carbocycles. The predicted molar refractivity (Wildman–Crippen MR) is 99.6 cm³/mol. The van der Waals surface area contributed by atoms with Gasteiger partial charge in [-0.15, -0.1) is 0 Å². The number of ether oxygens (including phenoxy) is 3. The van der Waals surface area contributed by atoms with Gasteiger partial charge in [-0.2, -0.15) is 0 Å². The first-order valence-electron chi connectivity index (χ1n) is 8.93. The third-order valence-electron chi connectivity index (χ3n) is 4.76. The number of amides is 1. The number of nitrogens with one attached hydrogen (secondary N) is 2. The van der Waals surface area contributed by atoms with E-state index in [1.165, 1.54) is 19.2 Å². The molecule has 2 N–H and O–H groups in total. The van der Waals surface area contributed by atoms with Gasteiger partial charge in [0.1, 0.15) is 5.56 Å². The molecule has 0 saturated carbocycles. The van der Waals surface area contributed by atoms with Gasteiger partial charge in [-0.05, 0) is 32.9 Å². The number of carbonyl (C=O) groups is 1. The van der Waals surface area contributed by atoms with Gasteiger partial charge in [0, 0.05) is 25.1 Å². The molecule has 0 aromatic heterocycles. The molecule has 0 aliphatic carbocycles. The van der Waals surface area contributed by atoms with Crippen LogP contribution in [0.25, 0.3) is 0 Å². The SMILES string of the molecule is CCOc1cc(C(=O)NCC2(COC)CCNCC2)c([N+](=O)[O-])cc1OC. The lowest BCUT2D eigenvalue weighted by atomic mass is 9.79. The smallest absolute Gasteiger partial charge is 0.286 e. The molecule has 0 radical (unpaired) electrons. The first-order valence-corrected chi connectivity index (χ1v) is 8.93. The fraction of sp³-hybridized carbons (Fsp3) is 0.611. The zero-order valence-electron chi connectivity index (χ0n) is 16.0. The molecule has 2 rings (SSSR count). The number of rotatable bonds is 9. The minimum atomic E-state index is -0.595. The topological polar surface area (TPSA) is 112 Å². The second-order valence-electron chi connectivity index (χ2n) is 6.58. The van der Waals surface area contributed by atoms with Crippen molar-refractivity contribution in [3.63, 3.8) is 0 Å². The second-order valence-corrected chi connectivity index (χ2v) is 6.58. The molecule has 1 amide bonds. The monoisotopic (exact) mass is 381 g/mol. The van der Waals surface area contributed by atoms with E-state index in [1.807, 2.05) is 0 Å². The van der Waals surface area contributed by atoms with Crippen molar-refractivity contribution < 1.29 is 23.9 Å². The zero-order valence-corrected chi connectivity index (χ0v) is 16.0. The predicted octanol–water partition coefficient (Wildman–Crippen LogP) is 1.75. The van der Waals surface area contributed by atoms with Crippen LogP contribution in [0, 0.1) is 15.5 Å². The molecule has 1 heterocycles. The fourth-order valence-corrected chi connectivity index (χ4v) is 3.31. The average molecular weight is 381 g/mol. The molecule has 0 spiro atoms. The maximum atomic E-state index is 12.7. The van der Waals surface area contributed by atoms with E-state index >= 15 is 0 Å². The number of carbonyl (C=O) groups excluding carboxylic acids is 1. The van der Waals surface area contributed by atoms with Gasteiger partial charge in [0.15, 0.2) is 11.5 Å². The van der Waals surface area contributed by atoms with Crippen molar-refractivity contribution >= 4 is 11.6 Å². The number of nitro benzene ring substituents is 1. The summed E-state index contributed by atoms with van der Waals surface area (Å²) in [5, 5.41) is 17.6. The Balaban J connectivity index is 2.25. The van der Waals surface area contributed by atoms with Crippen LogP contribution >= 0.6 is 0 Å². The molecular weight excluding hydrogens is 354 g/mol. The van der Waals surface area contributed by atoms with Crippen LogP contribution in [0.5, 0.6) is 11.5 Å². The van der Waals surface area contributed by atoms with Gasteiger partial charge in [-0.1, -0.05) is 0 Å². The maximum absolute atomic E-state index is 12.7. The Bertz CT molecular complexity index is 668. The van der Waals surface area contributed by atoms with Crippen LogP contribution in [0.3, 0.4) is 0 Å². The Kier molecular flexibility index (Phi) is 7.37. The van der Waals surface area contributed by atoms with Crippen molar-refractivity contribution in [3.05, 3.63) is 27.8 Å². The highest BCUT2D eigenvalue weighted by Crippen LogP contribution is 2.35. The number of methoxy groups -OCH3 is 2. The van der Waals surface area contributed by atoms with Crippen molar-refractivity contribution in [2.24, 2.45) is 5.41 Å². The summed E-state index contributed by atoms with van der Waals surface area (Å²) < 4.78 is 15.9. The Labute approximate surface area is 158 Å². The zero-order chi connectivity index (χ0) is 19.9. The first-order chi connectivity index (χ1) is 13.0. The molecule has 0 atom stereocenters. The minimum absolute atomic E-state index is 0.0502. The fourth-order valence-electron chi connectivity index (χ4n) is 3.31. The number of hydrogen-bond donors (Lipinski definition) is 2. The highest BCUT2D eigenvalue weighted by atomic mass is 16.6. The Morgan fingerprint density at radius 2 is 2.00 bits per heavy atom. The van der Waals surface area contributed by atoms with E-state index in [1.54, 1.807) is 14.0 Å². The molecule has 0 unspecified atom stereocenters. The quantitative estimate of drug-likeness (QED) is 0.495. The number of hydrogen-bond acceptors (Lipinski definition) is 7. The molecule has 1 fully saturated rings. The van der Waals surface area contributed by atoms with Crippen molar-refractivity contribution in [2.45, 2.75) is 19.8 Å². The van der Waals surface area contributed by atoms with E-state index in [0.29, 0.717) is 25.5 Å². The summed E-state index contributed by atoms with van der Waals surface area (Å²) in [5.41, 5.74) is -0.552. The van der Waals surface area contributed by atoms with Gasteiger partial charge in [-0.3, -0.25) is 14.9 Å². The van der Waals surface area contributed by atoms with Gasteiger partial charge in [-0.25, -0.2) is 0 Å². The summed E-state index contributed by atoms with van der Waals surface area (Å²) in [5.74, 6) is -0.00199. The van der Waals surface area contributed by atoms with Crippen LogP contribution < -0.4 is 20.1 Å². The summed E-state index contributed by atoms with van der Waals surface area (Å²) in [4.78, 5) is 23.6. The van der Waals surface area contributed by atoms with E-state index in [2.05, 4.69) is 10.6 Å². The maximum Gasteiger partial charge on any atom is 0.286 e. The molecule has 1 aliphatic rings. The third kappa shape index (κ3) is 5.08. The molecule has 9 nitrogen and oxygen atoms in total. The number of nitro groups is 1. The highest BCUT2D eigenvalue weighted by Gasteiger charge is 2.33. The lowest BCUT2D eigenvalue weighted by Gasteiger charge is -2.37. The van der Waals surface area contributed by atoms with Crippen LogP contribution in [-0.2, 0) is 4.74 Å². The number of nitrogens with zero attached hydrogens (tertiary/aromatic N) is 1. The normalized spacial score (nSPS) is 15.8. The highest BCUT2D eigenvalue weighted by molar-refractivity contribution is 5.99. The molecule has 0 bridgehead atoms. The van der Waals surface area contributed by atoms with E-state index < -0.39 is 10.8 Å². The Hall–Kier alpha value is -2.39. The molecule has 150 valence electrons. The molecule has 9 heteroatoms. The Morgan fingerprint density at radius 3 is 2.56 bits per heavy atom. The van der Waals surface area contributed by atoms with Crippen LogP contribution in [0.4, 0.5) is 5.69 Å². The molecule has 27 heavy (non-hydrogen) atoms. The molecular formula is C18H27N3O6. The van der Waals surface area contributed by atoms with E-state index in [0.717, 1.165) is 25.9 Å². The van der Waals surface area contributed by atoms with Gasteiger partial charge < -0.3 is 24.8 Å². The summed E-state index contributed by atoms with van der Waals surface area (Å²) >= 11 is 0. The molecule has 1 saturated heterocycles. The number of piperidine rings is 1. The molecule has 1 aromatic rings. The van der Waals surface area contributed by atoms with E-state index in [-0.39, 0.29) is 22.4 Å². The summed E-state index contributed by atoms with van der Waals surface area (Å²) in [7, 11) is 3.03. The minimum Gasteiger partial charge on any atom is -0.493 e.